The minimum absolute atomic E-state index is 0.136. The fourth-order valence-corrected chi connectivity index (χ4v) is 4.48. The Morgan fingerprint density at radius 1 is 1.19 bits per heavy atom. The van der Waals surface area contributed by atoms with Crippen LogP contribution in [0.5, 0.6) is 0 Å². The number of piperidine rings is 1. The van der Waals surface area contributed by atoms with Gasteiger partial charge in [0.1, 0.15) is 11.0 Å². The Morgan fingerprint density at radius 3 is 2.65 bits per heavy atom. The number of amides is 1. The Bertz CT molecular complexity index is 1040. The molecule has 4 nitrogen and oxygen atoms in total. The average molecular weight is 438 g/mol. The third-order valence-electron chi connectivity index (χ3n) is 6.08. The number of nitrogens with zero attached hydrogens (tertiary/aromatic N) is 2. The molecule has 160 valence electrons. The van der Waals surface area contributed by atoms with Crippen LogP contribution in [-0.2, 0) is 11.3 Å². The van der Waals surface area contributed by atoms with Crippen LogP contribution in [-0.4, -0.2) is 22.8 Å². The zero-order chi connectivity index (χ0) is 21.8. The lowest BCUT2D eigenvalue weighted by atomic mass is 9.82. The highest BCUT2D eigenvalue weighted by Gasteiger charge is 2.32. The molecule has 6 heteroatoms. The number of pyridine rings is 1. The van der Waals surface area contributed by atoms with E-state index >= 15 is 0 Å². The highest BCUT2D eigenvalue weighted by atomic mass is 35.5. The van der Waals surface area contributed by atoms with Crippen molar-refractivity contribution in [2.45, 2.75) is 38.3 Å². The number of likely N-dealkylation sites (tertiary alicyclic amines) is 1. The molecule has 1 aliphatic rings. The first-order valence-corrected chi connectivity index (χ1v) is 10.8. The highest BCUT2D eigenvalue weighted by molar-refractivity contribution is 6.30. The summed E-state index contributed by atoms with van der Waals surface area (Å²) in [6.45, 7) is 3.22. The van der Waals surface area contributed by atoms with E-state index < -0.39 is 0 Å². The number of benzene rings is 2. The molecule has 0 aliphatic carbocycles. The number of nitrogens with one attached hydrogen (secondary N) is 1. The average Bonchev–Trinajstić information content (AvgIpc) is 2.81. The molecule has 1 amide bonds. The van der Waals surface area contributed by atoms with E-state index in [4.69, 9.17) is 11.6 Å². The van der Waals surface area contributed by atoms with E-state index in [9.17, 15) is 9.18 Å². The third kappa shape index (κ3) is 4.72. The molecule has 1 aliphatic heterocycles. The van der Waals surface area contributed by atoms with Crippen LogP contribution >= 0.6 is 11.6 Å². The van der Waals surface area contributed by atoms with Crippen LogP contribution < -0.4 is 5.32 Å². The van der Waals surface area contributed by atoms with Gasteiger partial charge in [-0.05, 0) is 48.9 Å². The van der Waals surface area contributed by atoms with Crippen LogP contribution in [0.3, 0.4) is 0 Å². The van der Waals surface area contributed by atoms with Gasteiger partial charge in [-0.3, -0.25) is 4.79 Å². The molecule has 1 N–H and O–H groups in total. The van der Waals surface area contributed by atoms with Gasteiger partial charge in [-0.1, -0.05) is 54.1 Å². The molecule has 3 aromatic rings. The van der Waals surface area contributed by atoms with Crippen molar-refractivity contribution in [3.63, 3.8) is 0 Å². The van der Waals surface area contributed by atoms with E-state index in [0.717, 1.165) is 47.2 Å². The zero-order valence-corrected chi connectivity index (χ0v) is 18.1. The van der Waals surface area contributed by atoms with Gasteiger partial charge in [0, 0.05) is 36.1 Å². The number of rotatable bonds is 6. The van der Waals surface area contributed by atoms with Gasteiger partial charge in [0.05, 0.1) is 6.04 Å². The Labute approximate surface area is 187 Å². The topological polar surface area (TPSA) is 45.2 Å². The van der Waals surface area contributed by atoms with Gasteiger partial charge < -0.3 is 10.2 Å². The van der Waals surface area contributed by atoms with Crippen LogP contribution in [0.2, 0.25) is 5.15 Å². The molecular formula is C25H25ClFN3O. The van der Waals surface area contributed by atoms with Crippen molar-refractivity contribution >= 4 is 23.7 Å². The molecule has 0 spiro atoms. The fraction of sp³-hybridized carbons (Fsp3) is 0.280. The Balaban J connectivity index is 1.65. The summed E-state index contributed by atoms with van der Waals surface area (Å²) in [5.74, 6) is -0.00434. The smallest absolute Gasteiger partial charge is 0.210 e. The highest BCUT2D eigenvalue weighted by Crippen LogP contribution is 2.42. The number of hydrogen-bond donors (Lipinski definition) is 1. The summed E-state index contributed by atoms with van der Waals surface area (Å²) in [6, 6.07) is 16.7. The van der Waals surface area contributed by atoms with Crippen LogP contribution in [0.25, 0.3) is 0 Å². The summed E-state index contributed by atoms with van der Waals surface area (Å²) in [5, 5.41) is 3.97. The lowest BCUT2D eigenvalue weighted by molar-refractivity contribution is -0.121. The van der Waals surface area contributed by atoms with Crippen LogP contribution in [0.4, 0.5) is 10.1 Å². The van der Waals surface area contributed by atoms with Gasteiger partial charge in [-0.15, -0.1) is 0 Å². The van der Waals surface area contributed by atoms with Crippen LogP contribution in [0, 0.1) is 12.7 Å². The second-order valence-corrected chi connectivity index (χ2v) is 8.33. The first-order chi connectivity index (χ1) is 15.1. The number of aromatic nitrogens is 1. The maximum absolute atomic E-state index is 13.4. The molecular weight excluding hydrogens is 413 g/mol. The maximum atomic E-state index is 13.4. The monoisotopic (exact) mass is 437 g/mol. The molecule has 0 bridgehead atoms. The minimum atomic E-state index is -0.240. The lowest BCUT2D eigenvalue weighted by Gasteiger charge is -2.38. The predicted octanol–water partition coefficient (Wildman–Crippen LogP) is 5.87. The second-order valence-electron chi connectivity index (χ2n) is 7.98. The van der Waals surface area contributed by atoms with Crippen LogP contribution in [0.15, 0.2) is 60.8 Å². The molecule has 0 radical (unpaired) electrons. The van der Waals surface area contributed by atoms with Crippen molar-refractivity contribution in [1.29, 1.82) is 0 Å². The summed E-state index contributed by atoms with van der Waals surface area (Å²) < 4.78 is 13.4. The van der Waals surface area contributed by atoms with E-state index in [2.05, 4.69) is 22.4 Å². The standard InChI is InChI=1S/C25H25ClFN3O/c1-17-24(28-14-18-5-3-2-4-6-18)22(15-29-25(17)26)23-13-20(11-12-30(23)16-31)19-7-9-21(27)10-8-19/h2-10,15-16,20,23H,11-14H2,1H3,(H,28,29). The van der Waals surface area contributed by atoms with Gasteiger partial charge >= 0.3 is 0 Å². The van der Waals surface area contributed by atoms with Gasteiger partial charge in [-0.25, -0.2) is 9.37 Å². The molecule has 2 heterocycles. The van der Waals surface area contributed by atoms with Crippen molar-refractivity contribution in [1.82, 2.24) is 9.88 Å². The summed E-state index contributed by atoms with van der Waals surface area (Å²) in [4.78, 5) is 18.1. The zero-order valence-electron chi connectivity index (χ0n) is 17.4. The van der Waals surface area contributed by atoms with E-state index in [-0.39, 0.29) is 17.8 Å². The SMILES string of the molecule is Cc1c(Cl)ncc(C2CC(c3ccc(F)cc3)CCN2C=O)c1NCc1ccccc1. The molecule has 0 saturated carbocycles. The van der Waals surface area contributed by atoms with Crippen LogP contribution in [0.1, 0.15) is 47.1 Å². The summed E-state index contributed by atoms with van der Waals surface area (Å²) in [5.41, 5.74) is 4.98. The first kappa shape index (κ1) is 21.3. The Hall–Kier alpha value is -2.92. The van der Waals surface area contributed by atoms with E-state index in [1.807, 2.05) is 42.2 Å². The van der Waals surface area contributed by atoms with E-state index in [1.165, 1.54) is 12.1 Å². The second kappa shape index (κ2) is 9.48. The number of hydrogen-bond acceptors (Lipinski definition) is 3. The largest absolute Gasteiger partial charge is 0.380 e. The van der Waals surface area contributed by atoms with E-state index in [0.29, 0.717) is 18.2 Å². The fourth-order valence-electron chi connectivity index (χ4n) is 4.33. The Kier molecular flexibility index (Phi) is 6.52. The minimum Gasteiger partial charge on any atom is -0.380 e. The lowest BCUT2D eigenvalue weighted by Crippen LogP contribution is -2.35. The van der Waals surface area contributed by atoms with E-state index in [1.54, 1.807) is 6.20 Å². The summed E-state index contributed by atoms with van der Waals surface area (Å²) >= 11 is 6.35. The molecule has 31 heavy (non-hydrogen) atoms. The number of anilines is 1. The van der Waals surface area contributed by atoms with Gasteiger partial charge in [0.25, 0.3) is 0 Å². The van der Waals surface area contributed by atoms with Gasteiger partial charge in [-0.2, -0.15) is 0 Å². The van der Waals surface area contributed by atoms with Gasteiger partial charge in [0.15, 0.2) is 0 Å². The predicted molar refractivity (Wildman–Crippen MR) is 122 cm³/mol. The summed E-state index contributed by atoms with van der Waals surface area (Å²) in [7, 11) is 0. The van der Waals surface area contributed by atoms with Crippen molar-refractivity contribution in [2.24, 2.45) is 0 Å². The maximum Gasteiger partial charge on any atom is 0.210 e. The van der Waals surface area contributed by atoms with Gasteiger partial charge in [0.2, 0.25) is 6.41 Å². The Morgan fingerprint density at radius 2 is 1.94 bits per heavy atom. The molecule has 1 aromatic heterocycles. The number of carbonyl (C=O) groups excluding carboxylic acids is 1. The molecule has 2 unspecified atom stereocenters. The first-order valence-electron chi connectivity index (χ1n) is 10.5. The quantitative estimate of drug-likeness (QED) is 0.387. The van der Waals surface area contributed by atoms with Crippen molar-refractivity contribution in [3.05, 3.63) is 94.0 Å². The molecule has 2 aromatic carbocycles. The molecule has 1 saturated heterocycles. The normalized spacial score (nSPS) is 18.6. The molecule has 4 rings (SSSR count). The molecule has 1 fully saturated rings. The van der Waals surface area contributed by atoms with Crippen molar-refractivity contribution in [3.8, 4) is 0 Å². The van der Waals surface area contributed by atoms with Crippen molar-refractivity contribution in [2.75, 3.05) is 11.9 Å². The van der Waals surface area contributed by atoms with Crippen molar-refractivity contribution < 1.29 is 9.18 Å². The summed E-state index contributed by atoms with van der Waals surface area (Å²) in [6.07, 6.45) is 4.27. The molecule has 2 atom stereocenters. The number of carbonyl (C=O) groups is 1. The third-order valence-corrected chi connectivity index (χ3v) is 6.46. The number of halogens is 2.